The number of hydrogen-bond acceptors (Lipinski definition) is 2. The number of benzene rings is 1. The van der Waals surface area contributed by atoms with Crippen molar-refractivity contribution in [3.05, 3.63) is 23.8 Å². The van der Waals surface area contributed by atoms with Gasteiger partial charge in [0.1, 0.15) is 5.75 Å². The van der Waals surface area contributed by atoms with Crippen LogP contribution in [0.5, 0.6) is 5.75 Å². The monoisotopic (exact) mass is 193 g/mol. The predicted octanol–water partition coefficient (Wildman–Crippen LogP) is 2.76. The molecule has 1 aromatic carbocycles. The first-order valence-corrected chi connectivity index (χ1v) is 4.84. The zero-order valence-corrected chi connectivity index (χ0v) is 9.63. The SMILES string of the molecule is CN(C)c1cccc(O)c1C(C)(C)C. The van der Waals surface area contributed by atoms with Gasteiger partial charge >= 0.3 is 0 Å². The number of nitrogens with zero attached hydrogens (tertiary/aromatic N) is 1. The summed E-state index contributed by atoms with van der Waals surface area (Å²) in [5.41, 5.74) is 2.05. The van der Waals surface area contributed by atoms with Crippen molar-refractivity contribution in [2.45, 2.75) is 26.2 Å². The van der Waals surface area contributed by atoms with Gasteiger partial charge in [-0.2, -0.15) is 0 Å². The van der Waals surface area contributed by atoms with E-state index in [1.807, 2.05) is 31.1 Å². The molecule has 0 aliphatic heterocycles. The van der Waals surface area contributed by atoms with Crippen molar-refractivity contribution in [2.24, 2.45) is 0 Å². The van der Waals surface area contributed by atoms with Crippen LogP contribution < -0.4 is 4.90 Å². The molecule has 0 saturated carbocycles. The highest BCUT2D eigenvalue weighted by atomic mass is 16.3. The Balaban J connectivity index is 3.38. The summed E-state index contributed by atoms with van der Waals surface area (Å²) in [5, 5.41) is 9.85. The lowest BCUT2D eigenvalue weighted by molar-refractivity contribution is 0.447. The topological polar surface area (TPSA) is 23.5 Å². The minimum Gasteiger partial charge on any atom is -0.508 e. The molecule has 0 aliphatic carbocycles. The molecule has 1 aromatic rings. The summed E-state index contributed by atoms with van der Waals surface area (Å²) in [5.74, 6) is 0.378. The van der Waals surface area contributed by atoms with E-state index in [0.29, 0.717) is 5.75 Å². The number of phenolic OH excluding ortho intramolecular Hbond substituents is 1. The minimum absolute atomic E-state index is 0.0368. The summed E-state index contributed by atoms with van der Waals surface area (Å²) in [7, 11) is 3.98. The summed E-state index contributed by atoms with van der Waals surface area (Å²) in [6.45, 7) is 6.32. The van der Waals surface area contributed by atoms with Crippen molar-refractivity contribution in [1.29, 1.82) is 0 Å². The first kappa shape index (κ1) is 10.9. The Morgan fingerprint density at radius 3 is 2.07 bits per heavy atom. The second-order valence-electron chi connectivity index (χ2n) is 4.82. The van der Waals surface area contributed by atoms with Crippen LogP contribution in [-0.4, -0.2) is 19.2 Å². The van der Waals surface area contributed by atoms with Gasteiger partial charge in [0.15, 0.2) is 0 Å². The van der Waals surface area contributed by atoms with Gasteiger partial charge < -0.3 is 10.0 Å². The molecular weight excluding hydrogens is 174 g/mol. The number of hydrogen-bond donors (Lipinski definition) is 1. The molecule has 0 aliphatic rings. The van der Waals surface area contributed by atoms with Crippen molar-refractivity contribution < 1.29 is 5.11 Å². The highest BCUT2D eigenvalue weighted by Crippen LogP contribution is 2.37. The third kappa shape index (κ3) is 2.00. The van der Waals surface area contributed by atoms with Crippen LogP contribution in [0.4, 0.5) is 5.69 Å². The highest BCUT2D eigenvalue weighted by molar-refractivity contribution is 5.60. The molecular formula is C12H19NO. The van der Waals surface area contributed by atoms with Gasteiger partial charge in [0, 0.05) is 25.3 Å². The van der Waals surface area contributed by atoms with Crippen molar-refractivity contribution in [3.8, 4) is 5.75 Å². The van der Waals surface area contributed by atoms with Gasteiger partial charge in [-0.15, -0.1) is 0 Å². The van der Waals surface area contributed by atoms with Gasteiger partial charge in [-0.05, 0) is 17.5 Å². The van der Waals surface area contributed by atoms with E-state index in [2.05, 4.69) is 20.8 Å². The predicted molar refractivity (Wildman–Crippen MR) is 61.1 cm³/mol. The van der Waals surface area contributed by atoms with Crippen LogP contribution in [0, 0.1) is 0 Å². The molecule has 1 rings (SSSR count). The van der Waals surface area contributed by atoms with Gasteiger partial charge in [-0.25, -0.2) is 0 Å². The van der Waals surface area contributed by atoms with E-state index < -0.39 is 0 Å². The Labute approximate surface area is 86.2 Å². The van der Waals surface area contributed by atoms with Gasteiger partial charge in [0.2, 0.25) is 0 Å². The summed E-state index contributed by atoms with van der Waals surface area (Å²) in [4.78, 5) is 2.03. The first-order chi connectivity index (χ1) is 6.34. The molecule has 14 heavy (non-hydrogen) atoms. The van der Waals surface area contributed by atoms with Crippen molar-refractivity contribution >= 4 is 5.69 Å². The van der Waals surface area contributed by atoms with E-state index in [-0.39, 0.29) is 5.41 Å². The van der Waals surface area contributed by atoms with E-state index in [4.69, 9.17) is 0 Å². The molecule has 0 aromatic heterocycles. The molecule has 0 saturated heterocycles. The van der Waals surface area contributed by atoms with Crippen molar-refractivity contribution in [3.63, 3.8) is 0 Å². The maximum atomic E-state index is 9.85. The van der Waals surface area contributed by atoms with E-state index in [1.165, 1.54) is 0 Å². The fourth-order valence-electron chi connectivity index (χ4n) is 1.67. The number of rotatable bonds is 1. The van der Waals surface area contributed by atoms with Crippen LogP contribution in [0.15, 0.2) is 18.2 Å². The van der Waals surface area contributed by atoms with E-state index >= 15 is 0 Å². The Morgan fingerprint density at radius 1 is 1.14 bits per heavy atom. The van der Waals surface area contributed by atoms with E-state index in [1.54, 1.807) is 6.07 Å². The zero-order chi connectivity index (χ0) is 10.9. The zero-order valence-electron chi connectivity index (χ0n) is 9.63. The van der Waals surface area contributed by atoms with Crippen LogP contribution in [0.3, 0.4) is 0 Å². The molecule has 0 fully saturated rings. The highest BCUT2D eigenvalue weighted by Gasteiger charge is 2.22. The molecule has 2 heteroatoms. The molecule has 0 atom stereocenters. The van der Waals surface area contributed by atoms with Crippen molar-refractivity contribution in [2.75, 3.05) is 19.0 Å². The van der Waals surface area contributed by atoms with E-state index in [9.17, 15) is 5.11 Å². The van der Waals surface area contributed by atoms with Crippen LogP contribution in [0.2, 0.25) is 0 Å². The van der Waals surface area contributed by atoms with Gasteiger partial charge in [-0.1, -0.05) is 26.8 Å². The summed E-state index contributed by atoms with van der Waals surface area (Å²) >= 11 is 0. The number of anilines is 1. The lowest BCUT2D eigenvalue weighted by Gasteiger charge is -2.27. The van der Waals surface area contributed by atoms with Gasteiger partial charge in [-0.3, -0.25) is 0 Å². The average molecular weight is 193 g/mol. The second kappa shape index (κ2) is 3.52. The fraction of sp³-hybridized carbons (Fsp3) is 0.500. The first-order valence-electron chi connectivity index (χ1n) is 4.84. The quantitative estimate of drug-likeness (QED) is 0.741. The van der Waals surface area contributed by atoms with Crippen LogP contribution in [0.1, 0.15) is 26.3 Å². The molecule has 0 radical (unpaired) electrons. The lowest BCUT2D eigenvalue weighted by Crippen LogP contribution is -2.19. The summed E-state index contributed by atoms with van der Waals surface area (Å²) in [6, 6.07) is 5.65. The molecule has 2 nitrogen and oxygen atoms in total. The average Bonchev–Trinajstić information content (AvgIpc) is 2.01. The Hall–Kier alpha value is -1.18. The van der Waals surface area contributed by atoms with Crippen LogP contribution in [0.25, 0.3) is 0 Å². The lowest BCUT2D eigenvalue weighted by atomic mass is 9.85. The molecule has 78 valence electrons. The van der Waals surface area contributed by atoms with Gasteiger partial charge in [0.05, 0.1) is 0 Å². The van der Waals surface area contributed by atoms with Crippen LogP contribution in [-0.2, 0) is 5.41 Å². The maximum Gasteiger partial charge on any atom is 0.121 e. The fourth-order valence-corrected chi connectivity index (χ4v) is 1.67. The van der Waals surface area contributed by atoms with Crippen molar-refractivity contribution in [1.82, 2.24) is 0 Å². The second-order valence-corrected chi connectivity index (χ2v) is 4.82. The number of phenols is 1. The third-order valence-electron chi connectivity index (χ3n) is 2.25. The Morgan fingerprint density at radius 2 is 1.71 bits per heavy atom. The van der Waals surface area contributed by atoms with Crippen LogP contribution >= 0.6 is 0 Å². The number of aromatic hydroxyl groups is 1. The largest absolute Gasteiger partial charge is 0.508 e. The summed E-state index contributed by atoms with van der Waals surface area (Å²) < 4.78 is 0. The standard InChI is InChI=1S/C12H19NO/c1-12(2,3)11-9(13(4)5)7-6-8-10(11)14/h6-8,14H,1-5H3. The smallest absolute Gasteiger partial charge is 0.121 e. The molecule has 0 heterocycles. The van der Waals surface area contributed by atoms with E-state index in [0.717, 1.165) is 11.3 Å². The minimum atomic E-state index is -0.0368. The molecule has 1 N–H and O–H groups in total. The maximum absolute atomic E-state index is 9.85. The molecule has 0 spiro atoms. The molecule has 0 unspecified atom stereocenters. The Bertz CT molecular complexity index is 324. The normalized spacial score (nSPS) is 11.5. The molecule has 0 amide bonds. The molecule has 0 bridgehead atoms. The van der Waals surface area contributed by atoms with Gasteiger partial charge in [0.25, 0.3) is 0 Å². The summed E-state index contributed by atoms with van der Waals surface area (Å²) in [6.07, 6.45) is 0. The third-order valence-corrected chi connectivity index (χ3v) is 2.25. The Kier molecular flexibility index (Phi) is 2.74.